The number of likely N-dealkylation sites (tertiary alicyclic amines) is 1. The van der Waals surface area contributed by atoms with Crippen LogP contribution in [-0.4, -0.2) is 58.5 Å². The average molecular weight is 374 g/mol. The summed E-state index contributed by atoms with van der Waals surface area (Å²) in [5, 5.41) is 0. The summed E-state index contributed by atoms with van der Waals surface area (Å²) < 4.78 is 2.05. The van der Waals surface area contributed by atoms with Crippen LogP contribution in [0.4, 0.5) is 0 Å². The van der Waals surface area contributed by atoms with Gasteiger partial charge in [-0.25, -0.2) is 4.98 Å². The molecule has 1 fully saturated rings. The number of carbonyl (C=O) groups excluding carboxylic acids is 1. The molecule has 0 radical (unpaired) electrons. The summed E-state index contributed by atoms with van der Waals surface area (Å²) in [7, 11) is 4.16. The standard InChI is InChI=1S/C23H26N4O/c1-25(2)22-11-13-27(16-22)23(28)21-9-7-20(8-10-21)19-5-3-18(4-6-19)15-26-14-12-24-17-26/h3-10,12,14,17,22H,11,13,15-16H2,1-2H3. The summed E-state index contributed by atoms with van der Waals surface area (Å²) >= 11 is 0. The summed E-state index contributed by atoms with van der Waals surface area (Å²) in [5.41, 5.74) is 4.28. The van der Waals surface area contributed by atoms with Crippen molar-refractivity contribution < 1.29 is 4.79 Å². The van der Waals surface area contributed by atoms with Gasteiger partial charge < -0.3 is 14.4 Å². The third kappa shape index (κ3) is 3.99. The Bertz CT molecular complexity index is 914. The van der Waals surface area contributed by atoms with Gasteiger partial charge in [-0.1, -0.05) is 36.4 Å². The Labute approximate surface area is 166 Å². The number of amides is 1. The Morgan fingerprint density at radius 3 is 2.32 bits per heavy atom. The molecule has 5 heteroatoms. The number of aromatic nitrogens is 2. The van der Waals surface area contributed by atoms with Crippen LogP contribution in [0, 0.1) is 0 Å². The monoisotopic (exact) mass is 374 g/mol. The summed E-state index contributed by atoms with van der Waals surface area (Å²) in [6.07, 6.45) is 6.62. The van der Waals surface area contributed by atoms with Crippen molar-refractivity contribution in [3.63, 3.8) is 0 Å². The van der Waals surface area contributed by atoms with Crippen molar-refractivity contribution in [3.05, 3.63) is 78.4 Å². The number of likely N-dealkylation sites (N-methyl/N-ethyl adjacent to an activating group) is 1. The predicted molar refractivity (Wildman–Crippen MR) is 111 cm³/mol. The van der Waals surface area contributed by atoms with Crippen LogP contribution in [-0.2, 0) is 6.54 Å². The number of hydrogen-bond acceptors (Lipinski definition) is 3. The molecule has 1 saturated heterocycles. The summed E-state index contributed by atoms with van der Waals surface area (Å²) in [5.74, 6) is 0.131. The number of benzene rings is 2. The molecule has 1 aliphatic rings. The van der Waals surface area contributed by atoms with Crippen molar-refractivity contribution in [2.24, 2.45) is 0 Å². The zero-order chi connectivity index (χ0) is 19.5. The molecule has 1 aromatic heterocycles. The van der Waals surface area contributed by atoms with Gasteiger partial charge in [0.15, 0.2) is 0 Å². The van der Waals surface area contributed by atoms with Crippen molar-refractivity contribution >= 4 is 5.91 Å². The van der Waals surface area contributed by atoms with Crippen LogP contribution < -0.4 is 0 Å². The molecule has 3 aromatic rings. The number of rotatable bonds is 5. The van der Waals surface area contributed by atoms with Crippen LogP contribution in [0.5, 0.6) is 0 Å². The first-order valence-electron chi connectivity index (χ1n) is 9.71. The molecule has 0 aliphatic carbocycles. The van der Waals surface area contributed by atoms with Crippen LogP contribution in [0.25, 0.3) is 11.1 Å². The maximum Gasteiger partial charge on any atom is 0.253 e. The van der Waals surface area contributed by atoms with Crippen LogP contribution in [0.3, 0.4) is 0 Å². The lowest BCUT2D eigenvalue weighted by molar-refractivity contribution is 0.0783. The second-order valence-corrected chi connectivity index (χ2v) is 7.67. The normalized spacial score (nSPS) is 16.7. The van der Waals surface area contributed by atoms with Gasteiger partial charge in [0, 0.05) is 43.6 Å². The highest BCUT2D eigenvalue weighted by molar-refractivity contribution is 5.95. The molecular formula is C23H26N4O. The smallest absolute Gasteiger partial charge is 0.253 e. The van der Waals surface area contributed by atoms with E-state index in [1.165, 1.54) is 5.56 Å². The molecule has 2 heterocycles. The van der Waals surface area contributed by atoms with E-state index in [9.17, 15) is 4.79 Å². The molecule has 1 unspecified atom stereocenters. The maximum absolute atomic E-state index is 12.8. The molecule has 0 bridgehead atoms. The number of nitrogens with zero attached hydrogens (tertiary/aromatic N) is 4. The molecule has 28 heavy (non-hydrogen) atoms. The predicted octanol–water partition coefficient (Wildman–Crippen LogP) is 3.37. The average Bonchev–Trinajstić information content (AvgIpc) is 3.40. The third-order valence-corrected chi connectivity index (χ3v) is 5.52. The van der Waals surface area contributed by atoms with Crippen LogP contribution >= 0.6 is 0 Å². The first kappa shape index (κ1) is 18.4. The first-order valence-corrected chi connectivity index (χ1v) is 9.71. The van der Waals surface area contributed by atoms with E-state index in [1.54, 1.807) is 6.20 Å². The summed E-state index contributed by atoms with van der Waals surface area (Å²) in [6, 6.07) is 17.0. The second kappa shape index (κ2) is 7.98. The number of imidazole rings is 1. The topological polar surface area (TPSA) is 41.4 Å². The van der Waals surface area contributed by atoms with E-state index in [-0.39, 0.29) is 5.91 Å². The van der Waals surface area contributed by atoms with Gasteiger partial charge in [-0.2, -0.15) is 0 Å². The van der Waals surface area contributed by atoms with Crippen LogP contribution in [0.2, 0.25) is 0 Å². The fourth-order valence-electron chi connectivity index (χ4n) is 3.73. The van der Waals surface area contributed by atoms with E-state index < -0.39 is 0 Å². The van der Waals surface area contributed by atoms with E-state index in [4.69, 9.17) is 0 Å². The lowest BCUT2D eigenvalue weighted by Gasteiger charge is -2.20. The van der Waals surface area contributed by atoms with E-state index in [0.29, 0.717) is 6.04 Å². The summed E-state index contributed by atoms with van der Waals surface area (Å²) in [6.45, 7) is 2.46. The number of hydrogen-bond donors (Lipinski definition) is 0. The van der Waals surface area contributed by atoms with Gasteiger partial charge in [-0.3, -0.25) is 4.79 Å². The van der Waals surface area contributed by atoms with E-state index in [2.05, 4.69) is 52.8 Å². The highest BCUT2D eigenvalue weighted by atomic mass is 16.2. The van der Waals surface area contributed by atoms with Gasteiger partial charge in [0.25, 0.3) is 5.91 Å². The Hall–Kier alpha value is -2.92. The van der Waals surface area contributed by atoms with E-state index >= 15 is 0 Å². The fourth-order valence-corrected chi connectivity index (χ4v) is 3.73. The lowest BCUT2D eigenvalue weighted by Crippen LogP contribution is -2.34. The molecule has 1 atom stereocenters. The van der Waals surface area contributed by atoms with Gasteiger partial charge in [0.05, 0.1) is 6.33 Å². The molecular weight excluding hydrogens is 348 g/mol. The van der Waals surface area contributed by atoms with Crippen molar-refractivity contribution in [1.29, 1.82) is 0 Å². The molecule has 1 aliphatic heterocycles. The molecule has 4 rings (SSSR count). The molecule has 0 spiro atoms. The Balaban J connectivity index is 1.42. The largest absolute Gasteiger partial charge is 0.337 e. The minimum atomic E-state index is 0.131. The van der Waals surface area contributed by atoms with Crippen LogP contribution in [0.15, 0.2) is 67.3 Å². The molecule has 1 amide bonds. The SMILES string of the molecule is CN(C)C1CCN(C(=O)c2ccc(-c3ccc(Cn4ccnc4)cc3)cc2)C1. The van der Waals surface area contributed by atoms with Crippen LogP contribution in [0.1, 0.15) is 22.3 Å². The van der Waals surface area contributed by atoms with Gasteiger partial charge >= 0.3 is 0 Å². The van der Waals surface area contributed by atoms with Gasteiger partial charge in [-0.05, 0) is 49.3 Å². The molecule has 144 valence electrons. The Morgan fingerprint density at radius 1 is 1.07 bits per heavy atom. The molecule has 0 saturated carbocycles. The fraction of sp³-hybridized carbons (Fsp3) is 0.304. The van der Waals surface area contributed by atoms with E-state index in [1.807, 2.05) is 41.7 Å². The highest BCUT2D eigenvalue weighted by Crippen LogP contribution is 2.22. The zero-order valence-corrected chi connectivity index (χ0v) is 16.5. The van der Waals surface area contributed by atoms with Crippen molar-refractivity contribution in [3.8, 4) is 11.1 Å². The minimum Gasteiger partial charge on any atom is -0.337 e. The molecule has 2 aromatic carbocycles. The molecule has 5 nitrogen and oxygen atoms in total. The molecule has 0 N–H and O–H groups in total. The second-order valence-electron chi connectivity index (χ2n) is 7.67. The van der Waals surface area contributed by atoms with Crippen molar-refractivity contribution in [2.45, 2.75) is 19.0 Å². The van der Waals surface area contributed by atoms with Crippen molar-refractivity contribution in [2.75, 3.05) is 27.2 Å². The van der Waals surface area contributed by atoms with Gasteiger partial charge in [0.2, 0.25) is 0 Å². The number of carbonyl (C=O) groups is 1. The third-order valence-electron chi connectivity index (χ3n) is 5.52. The lowest BCUT2D eigenvalue weighted by atomic mass is 10.0. The first-order chi connectivity index (χ1) is 13.6. The Morgan fingerprint density at radius 2 is 1.75 bits per heavy atom. The maximum atomic E-state index is 12.8. The Kier molecular flexibility index (Phi) is 5.26. The quantitative estimate of drug-likeness (QED) is 0.688. The van der Waals surface area contributed by atoms with Gasteiger partial charge in [0.1, 0.15) is 0 Å². The zero-order valence-electron chi connectivity index (χ0n) is 16.5. The highest BCUT2D eigenvalue weighted by Gasteiger charge is 2.27. The van der Waals surface area contributed by atoms with Crippen molar-refractivity contribution in [1.82, 2.24) is 19.4 Å². The van der Waals surface area contributed by atoms with E-state index in [0.717, 1.165) is 42.7 Å². The minimum absolute atomic E-state index is 0.131. The summed E-state index contributed by atoms with van der Waals surface area (Å²) in [4.78, 5) is 21.0. The van der Waals surface area contributed by atoms with Gasteiger partial charge in [-0.15, -0.1) is 0 Å².